The molecule has 0 unspecified atom stereocenters. The molecular weight excluding hydrogens is 144 g/mol. The molecule has 1 aliphatic carbocycles. The summed E-state index contributed by atoms with van der Waals surface area (Å²) in [6.45, 7) is 9.36. The van der Waals surface area contributed by atoms with Crippen molar-refractivity contribution in [2.75, 3.05) is 0 Å². The second-order valence-corrected chi connectivity index (χ2v) is 5.36. The van der Waals surface area contributed by atoms with E-state index < -0.39 is 0 Å². The average Bonchev–Trinajstić information content (AvgIpc) is 2.62. The van der Waals surface area contributed by atoms with Gasteiger partial charge in [-0.1, -0.05) is 34.1 Å². The first-order chi connectivity index (χ1) is 5.59. The average molecular weight is 168 g/mol. The minimum atomic E-state index is 0.908. The molecule has 0 saturated heterocycles. The van der Waals surface area contributed by atoms with E-state index >= 15 is 0 Å². The topological polar surface area (TPSA) is 0 Å². The molecule has 1 saturated carbocycles. The number of rotatable bonds is 5. The Morgan fingerprint density at radius 3 is 2.17 bits per heavy atom. The summed E-state index contributed by atoms with van der Waals surface area (Å²) in [5.74, 6) is 4.03. The van der Waals surface area contributed by atoms with Gasteiger partial charge in [-0.2, -0.15) is 0 Å². The van der Waals surface area contributed by atoms with Crippen LogP contribution in [0.1, 0.15) is 53.4 Å². The van der Waals surface area contributed by atoms with Crippen LogP contribution in [0.15, 0.2) is 0 Å². The van der Waals surface area contributed by atoms with Gasteiger partial charge < -0.3 is 0 Å². The fraction of sp³-hybridized carbons (Fsp3) is 1.00. The van der Waals surface area contributed by atoms with Crippen LogP contribution in [0.4, 0.5) is 0 Å². The fourth-order valence-electron chi connectivity index (χ4n) is 2.11. The molecule has 72 valence electrons. The van der Waals surface area contributed by atoms with E-state index in [4.69, 9.17) is 0 Å². The van der Waals surface area contributed by atoms with Crippen LogP contribution >= 0.6 is 0 Å². The Balaban J connectivity index is 2.00. The third-order valence-corrected chi connectivity index (χ3v) is 2.96. The van der Waals surface area contributed by atoms with Crippen molar-refractivity contribution < 1.29 is 0 Å². The van der Waals surface area contributed by atoms with Gasteiger partial charge in [-0.3, -0.25) is 0 Å². The van der Waals surface area contributed by atoms with E-state index in [0.717, 1.165) is 23.7 Å². The van der Waals surface area contributed by atoms with Crippen LogP contribution in [0.3, 0.4) is 0 Å². The van der Waals surface area contributed by atoms with Crippen molar-refractivity contribution in [3.63, 3.8) is 0 Å². The van der Waals surface area contributed by atoms with E-state index in [1.54, 1.807) is 0 Å². The second-order valence-electron chi connectivity index (χ2n) is 5.36. The van der Waals surface area contributed by atoms with E-state index in [-0.39, 0.29) is 0 Å². The fourth-order valence-corrected chi connectivity index (χ4v) is 2.11. The molecule has 0 amide bonds. The van der Waals surface area contributed by atoms with E-state index in [1.807, 2.05) is 0 Å². The zero-order valence-electron chi connectivity index (χ0n) is 9.14. The van der Waals surface area contributed by atoms with Gasteiger partial charge in [-0.05, 0) is 42.9 Å². The molecule has 0 aromatic rings. The van der Waals surface area contributed by atoms with Gasteiger partial charge >= 0.3 is 0 Å². The van der Waals surface area contributed by atoms with Crippen molar-refractivity contribution in [2.45, 2.75) is 53.4 Å². The van der Waals surface area contributed by atoms with Crippen LogP contribution in [0, 0.1) is 23.7 Å². The van der Waals surface area contributed by atoms with Crippen molar-refractivity contribution in [3.05, 3.63) is 0 Å². The van der Waals surface area contributed by atoms with Gasteiger partial charge in [0.05, 0.1) is 0 Å². The highest BCUT2D eigenvalue weighted by molar-refractivity contribution is 4.86. The van der Waals surface area contributed by atoms with E-state index in [9.17, 15) is 0 Å². The third kappa shape index (κ3) is 3.60. The molecule has 0 aromatic carbocycles. The Labute approximate surface area is 77.7 Å². The molecule has 0 aliphatic heterocycles. The molecule has 0 N–H and O–H groups in total. The van der Waals surface area contributed by atoms with Gasteiger partial charge in [0.1, 0.15) is 0 Å². The second kappa shape index (κ2) is 4.30. The summed E-state index contributed by atoms with van der Waals surface area (Å²) in [7, 11) is 0. The zero-order chi connectivity index (χ0) is 9.14. The van der Waals surface area contributed by atoms with Crippen molar-refractivity contribution >= 4 is 0 Å². The lowest BCUT2D eigenvalue weighted by atomic mass is 10.0. The molecule has 2 atom stereocenters. The maximum atomic E-state index is 2.35. The molecule has 1 fully saturated rings. The molecule has 0 heteroatoms. The maximum absolute atomic E-state index is 2.35. The van der Waals surface area contributed by atoms with Crippen molar-refractivity contribution in [2.24, 2.45) is 23.7 Å². The normalized spacial score (nSPS) is 28.5. The lowest BCUT2D eigenvalue weighted by molar-refractivity contribution is 0.468. The van der Waals surface area contributed by atoms with Gasteiger partial charge in [0.25, 0.3) is 0 Å². The van der Waals surface area contributed by atoms with Gasteiger partial charge in [0, 0.05) is 0 Å². The summed E-state index contributed by atoms with van der Waals surface area (Å²) in [5, 5.41) is 0. The molecule has 0 bridgehead atoms. The van der Waals surface area contributed by atoms with E-state index in [1.165, 1.54) is 25.7 Å². The van der Waals surface area contributed by atoms with Gasteiger partial charge in [-0.15, -0.1) is 0 Å². The predicted octanol–water partition coefficient (Wildman–Crippen LogP) is 4.10. The highest BCUT2D eigenvalue weighted by atomic mass is 14.4. The van der Waals surface area contributed by atoms with Crippen LogP contribution in [0.2, 0.25) is 0 Å². The maximum Gasteiger partial charge on any atom is -0.0381 e. The molecule has 0 heterocycles. The Kier molecular flexibility index (Phi) is 3.61. The molecule has 0 spiro atoms. The van der Waals surface area contributed by atoms with Crippen LogP contribution < -0.4 is 0 Å². The Hall–Kier alpha value is 0. The largest absolute Gasteiger partial charge is 0.0628 e. The van der Waals surface area contributed by atoms with Crippen molar-refractivity contribution in [3.8, 4) is 0 Å². The number of hydrogen-bond acceptors (Lipinski definition) is 0. The first kappa shape index (κ1) is 10.1. The van der Waals surface area contributed by atoms with Crippen LogP contribution in [0.5, 0.6) is 0 Å². The zero-order valence-corrected chi connectivity index (χ0v) is 9.14. The molecule has 0 aromatic heterocycles. The third-order valence-electron chi connectivity index (χ3n) is 2.96. The van der Waals surface area contributed by atoms with Gasteiger partial charge in [0.15, 0.2) is 0 Å². The molecule has 1 rings (SSSR count). The summed E-state index contributed by atoms with van der Waals surface area (Å²) in [5.41, 5.74) is 0. The van der Waals surface area contributed by atoms with Crippen LogP contribution in [0.25, 0.3) is 0 Å². The Bertz CT molecular complexity index is 124. The summed E-state index contributed by atoms with van der Waals surface area (Å²) in [6.07, 6.45) is 5.95. The van der Waals surface area contributed by atoms with E-state index in [2.05, 4.69) is 27.7 Å². The summed E-state index contributed by atoms with van der Waals surface area (Å²) >= 11 is 0. The van der Waals surface area contributed by atoms with E-state index in [0.29, 0.717) is 0 Å². The highest BCUT2D eigenvalue weighted by Gasteiger charge is 2.36. The minimum Gasteiger partial charge on any atom is -0.0628 e. The summed E-state index contributed by atoms with van der Waals surface area (Å²) in [4.78, 5) is 0. The molecular formula is C12H24. The molecule has 0 nitrogen and oxygen atoms in total. The minimum absolute atomic E-state index is 0.908. The first-order valence-corrected chi connectivity index (χ1v) is 5.59. The SMILES string of the molecule is CC(C)CC[C@@H]1C[C@H]1CC(C)C. The Morgan fingerprint density at radius 2 is 1.67 bits per heavy atom. The quantitative estimate of drug-likeness (QED) is 0.579. The summed E-state index contributed by atoms with van der Waals surface area (Å²) in [6, 6.07) is 0. The van der Waals surface area contributed by atoms with Crippen LogP contribution in [-0.4, -0.2) is 0 Å². The predicted molar refractivity (Wildman–Crippen MR) is 55.1 cm³/mol. The van der Waals surface area contributed by atoms with Gasteiger partial charge in [0.2, 0.25) is 0 Å². The molecule has 1 aliphatic rings. The van der Waals surface area contributed by atoms with Crippen molar-refractivity contribution in [1.29, 1.82) is 0 Å². The molecule has 12 heavy (non-hydrogen) atoms. The van der Waals surface area contributed by atoms with Crippen molar-refractivity contribution in [1.82, 2.24) is 0 Å². The standard InChI is InChI=1S/C12H24/c1-9(2)5-6-11-8-12(11)7-10(3)4/h9-12H,5-8H2,1-4H3/t11-,12-/m1/s1. The lowest BCUT2D eigenvalue weighted by Gasteiger charge is -2.05. The molecule has 0 radical (unpaired) electrons. The number of hydrogen-bond donors (Lipinski definition) is 0. The lowest BCUT2D eigenvalue weighted by Crippen LogP contribution is -1.93. The summed E-state index contributed by atoms with van der Waals surface area (Å²) < 4.78 is 0. The van der Waals surface area contributed by atoms with Gasteiger partial charge in [-0.25, -0.2) is 0 Å². The van der Waals surface area contributed by atoms with Crippen LogP contribution in [-0.2, 0) is 0 Å². The highest BCUT2D eigenvalue weighted by Crippen LogP contribution is 2.46. The monoisotopic (exact) mass is 168 g/mol. The smallest absolute Gasteiger partial charge is 0.0381 e. The Morgan fingerprint density at radius 1 is 1.00 bits per heavy atom. The first-order valence-electron chi connectivity index (χ1n) is 5.59.